The number of aromatic nitrogens is 2. The molecule has 0 unspecified atom stereocenters. The Balaban J connectivity index is 1.69. The van der Waals surface area contributed by atoms with E-state index in [1.54, 1.807) is 35.7 Å². The topological polar surface area (TPSA) is 82.3 Å². The fourth-order valence-electron chi connectivity index (χ4n) is 3.43. The third-order valence-electron chi connectivity index (χ3n) is 4.89. The van der Waals surface area contributed by atoms with Crippen LogP contribution >= 0.6 is 11.3 Å². The lowest BCUT2D eigenvalue weighted by atomic mass is 10.2. The fraction of sp³-hybridized carbons (Fsp3) is 0.174. The Morgan fingerprint density at radius 1 is 1.09 bits per heavy atom. The van der Waals surface area contributed by atoms with Crippen molar-refractivity contribution in [3.63, 3.8) is 0 Å². The van der Waals surface area contributed by atoms with E-state index in [-0.39, 0.29) is 12.2 Å². The number of halogens is 2. The van der Waals surface area contributed by atoms with Crippen LogP contribution in [-0.4, -0.2) is 21.6 Å². The number of nitrogens with one attached hydrogen (secondary N) is 1. The molecule has 4 aromatic rings. The van der Waals surface area contributed by atoms with E-state index in [2.05, 4.69) is 5.32 Å². The number of fused-ring (bicyclic) bond motifs is 1. The zero-order valence-electron chi connectivity index (χ0n) is 17.5. The smallest absolute Gasteiger partial charge is 0.332 e. The molecule has 7 nitrogen and oxygen atoms in total. The molecule has 1 amide bonds. The Hall–Kier alpha value is -3.79. The van der Waals surface area contributed by atoms with Crippen molar-refractivity contribution >= 4 is 33.1 Å². The van der Waals surface area contributed by atoms with Crippen LogP contribution in [0.2, 0.25) is 0 Å². The normalized spacial score (nSPS) is 11.0. The first-order valence-electron chi connectivity index (χ1n) is 10.0. The maximum absolute atomic E-state index is 13.9. The first-order chi connectivity index (χ1) is 15.9. The van der Waals surface area contributed by atoms with Crippen LogP contribution in [0.5, 0.6) is 5.75 Å². The van der Waals surface area contributed by atoms with Gasteiger partial charge in [0, 0.05) is 6.07 Å². The number of anilines is 1. The van der Waals surface area contributed by atoms with Crippen molar-refractivity contribution < 1.29 is 18.3 Å². The predicted molar refractivity (Wildman–Crippen MR) is 122 cm³/mol. The van der Waals surface area contributed by atoms with Gasteiger partial charge in [-0.3, -0.25) is 18.7 Å². The first-order valence-corrected chi connectivity index (χ1v) is 10.9. The number of nitrogens with zero attached hydrogens (tertiary/aromatic N) is 2. The van der Waals surface area contributed by atoms with Crippen molar-refractivity contribution in [1.29, 1.82) is 0 Å². The zero-order chi connectivity index (χ0) is 23.5. The number of carbonyl (C=O) groups is 1. The molecule has 0 aliphatic carbocycles. The molecule has 4 rings (SSSR count). The van der Waals surface area contributed by atoms with Crippen molar-refractivity contribution in [3.05, 3.63) is 91.9 Å². The number of hydrogen-bond acceptors (Lipinski definition) is 5. The summed E-state index contributed by atoms with van der Waals surface area (Å²) >= 11 is 1.16. The number of amides is 1. The number of rotatable bonds is 7. The van der Waals surface area contributed by atoms with Crippen LogP contribution in [0.25, 0.3) is 10.2 Å². The number of thiophene rings is 1. The van der Waals surface area contributed by atoms with Gasteiger partial charge in [-0.25, -0.2) is 13.6 Å². The second kappa shape index (κ2) is 9.37. The lowest BCUT2D eigenvalue weighted by Crippen LogP contribution is -2.41. The van der Waals surface area contributed by atoms with Gasteiger partial charge in [0.1, 0.15) is 28.6 Å². The minimum absolute atomic E-state index is 0.0133. The molecule has 10 heteroatoms. The molecule has 0 aliphatic heterocycles. The third kappa shape index (κ3) is 4.70. The highest BCUT2D eigenvalue weighted by Gasteiger charge is 2.18. The second-order valence-electron chi connectivity index (χ2n) is 7.15. The Morgan fingerprint density at radius 2 is 1.91 bits per heavy atom. The molecule has 0 spiro atoms. The van der Waals surface area contributed by atoms with Gasteiger partial charge in [0.05, 0.1) is 24.4 Å². The summed E-state index contributed by atoms with van der Waals surface area (Å²) in [6, 6.07) is 11.4. The van der Waals surface area contributed by atoms with Crippen molar-refractivity contribution in [2.24, 2.45) is 0 Å². The Morgan fingerprint density at radius 3 is 2.67 bits per heavy atom. The summed E-state index contributed by atoms with van der Waals surface area (Å²) in [5.74, 6) is -1.79. The van der Waals surface area contributed by atoms with E-state index in [0.29, 0.717) is 34.2 Å². The largest absolute Gasteiger partial charge is 0.494 e. The number of hydrogen-bond donors (Lipinski definition) is 1. The minimum atomic E-state index is -0.935. The van der Waals surface area contributed by atoms with Crippen molar-refractivity contribution in [3.8, 4) is 5.75 Å². The van der Waals surface area contributed by atoms with Crippen LogP contribution in [-0.2, 0) is 17.9 Å². The van der Waals surface area contributed by atoms with E-state index in [1.807, 2.05) is 6.92 Å². The molecule has 1 N–H and O–H groups in total. The Kier molecular flexibility index (Phi) is 6.36. The molecule has 0 saturated carbocycles. The highest BCUT2D eigenvalue weighted by atomic mass is 32.1. The summed E-state index contributed by atoms with van der Waals surface area (Å²) in [5.41, 5.74) is -0.364. The van der Waals surface area contributed by atoms with Gasteiger partial charge in [-0.1, -0.05) is 12.1 Å². The highest BCUT2D eigenvalue weighted by Crippen LogP contribution is 2.18. The average molecular weight is 471 g/mol. The Bertz CT molecular complexity index is 1460. The SMILES string of the molecule is CCOc1cccc(Cn2c(=O)c3sccc3n(CC(=O)Nc3ccc(F)cc3F)c2=O)c1. The van der Waals surface area contributed by atoms with Gasteiger partial charge in [0.15, 0.2) is 0 Å². The molecule has 0 saturated heterocycles. The summed E-state index contributed by atoms with van der Waals surface area (Å²) in [7, 11) is 0. The third-order valence-corrected chi connectivity index (χ3v) is 5.79. The quantitative estimate of drug-likeness (QED) is 0.447. The summed E-state index contributed by atoms with van der Waals surface area (Å²) in [6.07, 6.45) is 0. The van der Waals surface area contributed by atoms with Gasteiger partial charge in [0.2, 0.25) is 5.91 Å². The molecular formula is C23H19F2N3O4S. The van der Waals surface area contributed by atoms with E-state index in [9.17, 15) is 23.2 Å². The molecule has 2 heterocycles. The standard InChI is InChI=1S/C23H19F2N3O4S/c1-2-32-16-5-3-4-14(10-16)12-28-22(30)21-19(8-9-33-21)27(23(28)31)13-20(29)26-18-7-6-15(24)11-17(18)25/h3-11H,2,12-13H2,1H3,(H,26,29). The molecule has 0 radical (unpaired) electrons. The van der Waals surface area contributed by atoms with Gasteiger partial charge < -0.3 is 10.1 Å². The van der Waals surface area contributed by atoms with Crippen LogP contribution in [0.15, 0.2) is 63.5 Å². The lowest BCUT2D eigenvalue weighted by Gasteiger charge is -2.13. The molecule has 0 aliphatic rings. The summed E-state index contributed by atoms with van der Waals surface area (Å²) in [5, 5.41) is 3.99. The molecule has 2 aromatic heterocycles. The fourth-order valence-corrected chi connectivity index (χ4v) is 4.28. The van der Waals surface area contributed by atoms with Gasteiger partial charge in [-0.05, 0) is 48.2 Å². The van der Waals surface area contributed by atoms with E-state index in [1.165, 1.54) is 0 Å². The van der Waals surface area contributed by atoms with Gasteiger partial charge in [-0.2, -0.15) is 0 Å². The van der Waals surface area contributed by atoms with Crippen molar-refractivity contribution in [2.45, 2.75) is 20.0 Å². The van der Waals surface area contributed by atoms with Crippen LogP contribution in [0.4, 0.5) is 14.5 Å². The van der Waals surface area contributed by atoms with Crippen molar-refractivity contribution in [1.82, 2.24) is 9.13 Å². The van der Waals surface area contributed by atoms with Crippen LogP contribution in [0.1, 0.15) is 12.5 Å². The second-order valence-corrected chi connectivity index (χ2v) is 8.06. The van der Waals surface area contributed by atoms with Gasteiger partial charge in [0.25, 0.3) is 5.56 Å². The number of benzene rings is 2. The lowest BCUT2D eigenvalue weighted by molar-refractivity contribution is -0.116. The number of ether oxygens (including phenoxy) is 1. The maximum atomic E-state index is 13.9. The molecule has 2 aromatic carbocycles. The number of carbonyl (C=O) groups excluding carboxylic acids is 1. The summed E-state index contributed by atoms with van der Waals surface area (Å²) < 4.78 is 35.0. The van der Waals surface area contributed by atoms with Gasteiger partial charge >= 0.3 is 5.69 Å². The van der Waals surface area contributed by atoms with E-state index < -0.39 is 35.3 Å². The maximum Gasteiger partial charge on any atom is 0.332 e. The highest BCUT2D eigenvalue weighted by molar-refractivity contribution is 7.17. The monoisotopic (exact) mass is 471 g/mol. The molecule has 0 atom stereocenters. The molecule has 170 valence electrons. The molecule has 33 heavy (non-hydrogen) atoms. The minimum Gasteiger partial charge on any atom is -0.494 e. The van der Waals surface area contributed by atoms with E-state index >= 15 is 0 Å². The predicted octanol–water partition coefficient (Wildman–Crippen LogP) is 3.59. The van der Waals surface area contributed by atoms with Crippen LogP contribution in [0, 0.1) is 11.6 Å². The zero-order valence-corrected chi connectivity index (χ0v) is 18.3. The van der Waals surface area contributed by atoms with Crippen LogP contribution in [0.3, 0.4) is 0 Å². The van der Waals surface area contributed by atoms with Crippen LogP contribution < -0.4 is 21.3 Å². The van der Waals surface area contributed by atoms with E-state index in [0.717, 1.165) is 32.6 Å². The van der Waals surface area contributed by atoms with Crippen molar-refractivity contribution in [2.75, 3.05) is 11.9 Å². The van der Waals surface area contributed by atoms with Gasteiger partial charge in [-0.15, -0.1) is 11.3 Å². The summed E-state index contributed by atoms with van der Waals surface area (Å²) in [6.45, 7) is 1.85. The Labute approximate surface area is 190 Å². The molecule has 0 fully saturated rings. The first kappa shape index (κ1) is 22.4. The molecule has 0 bridgehead atoms. The molecular weight excluding hydrogens is 452 g/mol. The summed E-state index contributed by atoms with van der Waals surface area (Å²) in [4.78, 5) is 38.8. The van der Waals surface area contributed by atoms with E-state index in [4.69, 9.17) is 4.74 Å². The average Bonchev–Trinajstić information content (AvgIpc) is 3.27.